The van der Waals surface area contributed by atoms with Crippen LogP contribution in [0, 0.1) is 11.6 Å². The van der Waals surface area contributed by atoms with Gasteiger partial charge in [-0.1, -0.05) is 24.3 Å². The van der Waals surface area contributed by atoms with E-state index in [1.165, 1.54) is 24.3 Å². The van der Waals surface area contributed by atoms with E-state index in [1.807, 2.05) is 4.90 Å². The molecule has 2 saturated heterocycles. The molecule has 0 amide bonds. The number of nitrogens with zero attached hydrogens (tertiary/aromatic N) is 1. The zero-order chi connectivity index (χ0) is 16.7. The second-order valence-corrected chi connectivity index (χ2v) is 6.22. The number of hydrogen-bond acceptors (Lipinski definition) is 4. The molecule has 2 aromatic rings. The van der Waals surface area contributed by atoms with Crippen molar-refractivity contribution in [2.24, 2.45) is 0 Å². The lowest BCUT2D eigenvalue weighted by Gasteiger charge is -2.33. The van der Waals surface area contributed by atoms with E-state index >= 15 is 0 Å². The van der Waals surface area contributed by atoms with E-state index in [0.717, 1.165) is 11.1 Å². The van der Waals surface area contributed by atoms with E-state index in [-0.39, 0.29) is 18.2 Å². The predicted octanol–water partition coefficient (Wildman–Crippen LogP) is 2.76. The van der Waals surface area contributed by atoms with Crippen molar-refractivity contribution >= 4 is 0 Å². The van der Waals surface area contributed by atoms with Gasteiger partial charge in [0, 0.05) is 0 Å². The van der Waals surface area contributed by atoms with Crippen molar-refractivity contribution in [3.05, 3.63) is 71.3 Å². The first-order chi connectivity index (χ1) is 11.6. The van der Waals surface area contributed by atoms with Crippen molar-refractivity contribution in [3.8, 4) is 0 Å². The molecule has 2 aromatic carbocycles. The second-order valence-electron chi connectivity index (χ2n) is 6.22. The topological polar surface area (TPSA) is 41.9 Å². The molecule has 0 bridgehead atoms. The van der Waals surface area contributed by atoms with Crippen LogP contribution in [-0.4, -0.2) is 35.4 Å². The molecule has 2 aliphatic heterocycles. The third kappa shape index (κ3) is 2.43. The van der Waals surface area contributed by atoms with Gasteiger partial charge in [-0.05, 0) is 35.4 Å². The molecule has 6 heteroatoms. The molecule has 0 saturated carbocycles. The van der Waals surface area contributed by atoms with Crippen molar-refractivity contribution in [1.82, 2.24) is 4.90 Å². The smallest absolute Gasteiger partial charge is 0.139 e. The number of ether oxygens (including phenoxy) is 2. The minimum atomic E-state index is -0.655. The molecule has 4 rings (SSSR count). The summed E-state index contributed by atoms with van der Waals surface area (Å²) in [6, 6.07) is 12.1. The molecule has 0 aliphatic carbocycles. The average molecular weight is 333 g/mol. The molecular formula is C18H17F2NO3. The number of rotatable bonds is 3. The van der Waals surface area contributed by atoms with E-state index in [2.05, 4.69) is 0 Å². The van der Waals surface area contributed by atoms with Crippen LogP contribution in [0.15, 0.2) is 48.5 Å². The fourth-order valence-electron chi connectivity index (χ4n) is 3.38. The number of halogens is 2. The first-order valence-electron chi connectivity index (χ1n) is 7.76. The molecule has 0 spiro atoms. The average Bonchev–Trinajstić information content (AvgIpc) is 3.14. The summed E-state index contributed by atoms with van der Waals surface area (Å²) in [5, 5.41) is 9.92. The Morgan fingerprint density at radius 2 is 1.29 bits per heavy atom. The summed E-state index contributed by atoms with van der Waals surface area (Å²) in [6.45, 7) is 0.495. The standard InChI is InChI=1S/C18H17F2NO3/c19-14-5-1-12(2-6-14)16-21-17(13-3-7-15(20)8-4-13)24-11-18(21,9-22)10-23-16/h1-8,16-17,22H,9-11H2/t16-,17+,18-. The highest BCUT2D eigenvalue weighted by molar-refractivity contribution is 5.25. The van der Waals surface area contributed by atoms with Crippen LogP contribution in [0.3, 0.4) is 0 Å². The Hall–Kier alpha value is -1.86. The van der Waals surface area contributed by atoms with Gasteiger partial charge in [0.1, 0.15) is 24.1 Å². The Bertz CT molecular complexity index is 663. The molecule has 2 aliphatic rings. The van der Waals surface area contributed by atoms with Gasteiger partial charge in [0.05, 0.1) is 25.4 Å². The van der Waals surface area contributed by atoms with Gasteiger partial charge in [-0.25, -0.2) is 13.7 Å². The zero-order valence-corrected chi connectivity index (χ0v) is 12.9. The van der Waals surface area contributed by atoms with E-state index in [4.69, 9.17) is 9.47 Å². The van der Waals surface area contributed by atoms with Crippen molar-refractivity contribution in [1.29, 1.82) is 0 Å². The lowest BCUT2D eigenvalue weighted by molar-refractivity contribution is -0.0630. The normalized spacial score (nSPS) is 29.8. The molecular weight excluding hydrogens is 316 g/mol. The van der Waals surface area contributed by atoms with E-state index in [0.29, 0.717) is 13.2 Å². The van der Waals surface area contributed by atoms with Crippen LogP contribution in [0.1, 0.15) is 23.6 Å². The molecule has 0 unspecified atom stereocenters. The number of fused-ring (bicyclic) bond motifs is 1. The van der Waals surface area contributed by atoms with Crippen LogP contribution < -0.4 is 0 Å². The SMILES string of the molecule is OC[C@]12CO[C@H](c3ccc(F)cc3)N1[C@H](c1ccc(F)cc1)OC2. The van der Waals surface area contributed by atoms with Crippen LogP contribution in [0.4, 0.5) is 8.78 Å². The summed E-state index contributed by atoms with van der Waals surface area (Å²) in [4.78, 5) is 1.95. The number of benzene rings is 2. The van der Waals surface area contributed by atoms with Gasteiger partial charge in [0.15, 0.2) is 0 Å². The largest absolute Gasteiger partial charge is 0.394 e. The highest BCUT2D eigenvalue weighted by Crippen LogP contribution is 2.48. The maximum Gasteiger partial charge on any atom is 0.139 e. The van der Waals surface area contributed by atoms with Gasteiger partial charge in [0.25, 0.3) is 0 Å². The molecule has 1 N–H and O–H groups in total. The molecule has 24 heavy (non-hydrogen) atoms. The summed E-state index contributed by atoms with van der Waals surface area (Å²) in [5.41, 5.74) is 0.909. The summed E-state index contributed by atoms with van der Waals surface area (Å²) < 4.78 is 38.2. The fraction of sp³-hybridized carbons (Fsp3) is 0.333. The Kier molecular flexibility index (Phi) is 3.85. The highest BCUT2D eigenvalue weighted by Gasteiger charge is 2.56. The Morgan fingerprint density at radius 1 is 0.875 bits per heavy atom. The van der Waals surface area contributed by atoms with Gasteiger partial charge in [0.2, 0.25) is 0 Å². The van der Waals surface area contributed by atoms with Gasteiger partial charge in [-0.2, -0.15) is 0 Å². The second kappa shape index (κ2) is 5.89. The zero-order valence-electron chi connectivity index (χ0n) is 12.9. The quantitative estimate of drug-likeness (QED) is 0.938. The number of aliphatic hydroxyl groups is 1. The number of aliphatic hydroxyl groups excluding tert-OH is 1. The van der Waals surface area contributed by atoms with Gasteiger partial charge < -0.3 is 14.6 Å². The van der Waals surface area contributed by atoms with Crippen molar-refractivity contribution < 1.29 is 23.4 Å². The molecule has 3 atom stereocenters. The predicted molar refractivity (Wildman–Crippen MR) is 81.8 cm³/mol. The third-order valence-electron chi connectivity index (χ3n) is 4.68. The number of hydrogen-bond donors (Lipinski definition) is 1. The van der Waals surface area contributed by atoms with Crippen LogP contribution in [0.5, 0.6) is 0 Å². The lowest BCUT2D eigenvalue weighted by atomic mass is 10.0. The Labute approximate surface area is 138 Å². The fourth-order valence-corrected chi connectivity index (χ4v) is 3.38. The van der Waals surface area contributed by atoms with Gasteiger partial charge >= 0.3 is 0 Å². The minimum absolute atomic E-state index is 0.123. The molecule has 2 heterocycles. The minimum Gasteiger partial charge on any atom is -0.394 e. The maximum absolute atomic E-state index is 13.2. The van der Waals surface area contributed by atoms with Crippen molar-refractivity contribution in [2.75, 3.05) is 19.8 Å². The molecule has 126 valence electrons. The molecule has 0 radical (unpaired) electrons. The Balaban J connectivity index is 1.72. The van der Waals surface area contributed by atoms with E-state index in [9.17, 15) is 13.9 Å². The van der Waals surface area contributed by atoms with Crippen LogP contribution in [0.2, 0.25) is 0 Å². The highest BCUT2D eigenvalue weighted by atomic mass is 19.1. The van der Waals surface area contributed by atoms with E-state index in [1.54, 1.807) is 24.3 Å². The van der Waals surface area contributed by atoms with Crippen LogP contribution in [-0.2, 0) is 9.47 Å². The molecule has 2 fully saturated rings. The van der Waals surface area contributed by atoms with Gasteiger partial charge in [-0.3, -0.25) is 0 Å². The monoisotopic (exact) mass is 333 g/mol. The summed E-state index contributed by atoms with van der Waals surface area (Å²) in [6.07, 6.45) is -0.925. The Morgan fingerprint density at radius 3 is 1.67 bits per heavy atom. The van der Waals surface area contributed by atoms with Crippen molar-refractivity contribution in [2.45, 2.75) is 18.0 Å². The summed E-state index contributed by atoms with van der Waals surface area (Å²) in [7, 11) is 0. The summed E-state index contributed by atoms with van der Waals surface area (Å²) in [5.74, 6) is -0.643. The summed E-state index contributed by atoms with van der Waals surface area (Å²) >= 11 is 0. The first-order valence-corrected chi connectivity index (χ1v) is 7.76. The maximum atomic E-state index is 13.2. The van der Waals surface area contributed by atoms with E-state index < -0.39 is 18.0 Å². The van der Waals surface area contributed by atoms with Crippen molar-refractivity contribution in [3.63, 3.8) is 0 Å². The lowest BCUT2D eigenvalue weighted by Crippen LogP contribution is -2.47. The molecule has 4 nitrogen and oxygen atoms in total. The van der Waals surface area contributed by atoms with Gasteiger partial charge in [-0.15, -0.1) is 0 Å². The first kappa shape index (κ1) is 15.7. The third-order valence-corrected chi connectivity index (χ3v) is 4.68. The van der Waals surface area contributed by atoms with Crippen LogP contribution in [0.25, 0.3) is 0 Å². The van der Waals surface area contributed by atoms with Crippen LogP contribution >= 0.6 is 0 Å². The molecule has 0 aromatic heterocycles.